The number of allylic oxidation sites excluding steroid dienone is 1. The van der Waals surface area contributed by atoms with Crippen molar-refractivity contribution in [3.63, 3.8) is 0 Å². The normalized spacial score (nSPS) is 46.4. The smallest absolute Gasteiger partial charge is 0.162 e. The van der Waals surface area contributed by atoms with Gasteiger partial charge in [0.05, 0.1) is 18.6 Å². The van der Waals surface area contributed by atoms with E-state index < -0.39 is 0 Å². The van der Waals surface area contributed by atoms with Gasteiger partial charge in [0.2, 0.25) is 0 Å². The molecule has 0 radical (unpaired) electrons. The molecule has 20 heavy (non-hydrogen) atoms. The van der Waals surface area contributed by atoms with Gasteiger partial charge in [0, 0.05) is 13.5 Å². The fourth-order valence-corrected chi connectivity index (χ4v) is 3.77. The molecule has 5 atom stereocenters. The van der Waals surface area contributed by atoms with E-state index in [-0.39, 0.29) is 35.1 Å². The number of Topliss-reactive ketones (excluding diaryl/α,β-unsaturated/α-hetero) is 1. The van der Waals surface area contributed by atoms with Crippen molar-refractivity contribution in [3.8, 4) is 0 Å². The lowest BCUT2D eigenvalue weighted by atomic mass is 9.69. The van der Waals surface area contributed by atoms with Gasteiger partial charge < -0.3 is 14.2 Å². The van der Waals surface area contributed by atoms with Gasteiger partial charge >= 0.3 is 0 Å². The van der Waals surface area contributed by atoms with Gasteiger partial charge in [-0.3, -0.25) is 4.79 Å². The van der Waals surface area contributed by atoms with E-state index in [1.165, 1.54) is 5.57 Å². The summed E-state index contributed by atoms with van der Waals surface area (Å²) in [7, 11) is 1.62. The number of hydrogen-bond acceptors (Lipinski definition) is 4. The number of carbonyl (C=O) groups excluding carboxylic acids is 1. The topological polar surface area (TPSA) is 51.4 Å². The lowest BCUT2D eigenvalue weighted by Gasteiger charge is -2.37. The van der Waals surface area contributed by atoms with Gasteiger partial charge in [-0.15, -0.1) is 0 Å². The summed E-state index contributed by atoms with van der Waals surface area (Å²) >= 11 is 0. The van der Waals surface area contributed by atoms with Crippen LogP contribution in [-0.2, 0) is 19.0 Å². The van der Waals surface area contributed by atoms with Gasteiger partial charge in [-0.25, -0.2) is 0 Å². The minimum Gasteiger partial charge on any atom is -0.373 e. The predicted octanol–water partition coefficient (Wildman–Crippen LogP) is 2.26. The Kier molecular flexibility index (Phi) is 3.31. The Morgan fingerprint density at radius 2 is 2.20 bits per heavy atom. The van der Waals surface area contributed by atoms with Crippen LogP contribution in [0.2, 0.25) is 0 Å². The van der Waals surface area contributed by atoms with Crippen LogP contribution in [0.4, 0.5) is 0 Å². The van der Waals surface area contributed by atoms with Crippen molar-refractivity contribution >= 4 is 5.78 Å². The highest BCUT2D eigenvalue weighted by Gasteiger charge is 2.71. The summed E-state index contributed by atoms with van der Waals surface area (Å²) in [5, 5.41) is 0. The first-order chi connectivity index (χ1) is 9.43. The quantitative estimate of drug-likeness (QED) is 0.585. The maximum atomic E-state index is 12.2. The van der Waals surface area contributed by atoms with E-state index in [4.69, 9.17) is 14.2 Å². The van der Waals surface area contributed by atoms with Crippen molar-refractivity contribution in [2.75, 3.05) is 13.7 Å². The van der Waals surface area contributed by atoms with Gasteiger partial charge in [0.25, 0.3) is 0 Å². The van der Waals surface area contributed by atoms with E-state index in [0.717, 1.165) is 19.4 Å². The molecular formula is C16H24O4. The molecule has 0 aromatic heterocycles. The molecule has 3 rings (SSSR count). The molecular weight excluding hydrogens is 256 g/mol. The highest BCUT2D eigenvalue weighted by Crippen LogP contribution is 2.58. The lowest BCUT2D eigenvalue weighted by molar-refractivity contribution is -0.142. The highest BCUT2D eigenvalue weighted by atomic mass is 16.6. The number of methoxy groups -OCH3 is 1. The van der Waals surface area contributed by atoms with Crippen molar-refractivity contribution in [3.05, 3.63) is 11.6 Å². The Balaban J connectivity index is 1.80. The summed E-state index contributed by atoms with van der Waals surface area (Å²) in [5.41, 5.74) is 0.825. The molecule has 2 unspecified atom stereocenters. The average molecular weight is 280 g/mol. The van der Waals surface area contributed by atoms with Gasteiger partial charge in [0.15, 0.2) is 5.78 Å². The zero-order chi connectivity index (χ0) is 14.5. The summed E-state index contributed by atoms with van der Waals surface area (Å²) < 4.78 is 17.2. The molecule has 2 heterocycles. The Bertz CT molecular complexity index is 447. The van der Waals surface area contributed by atoms with Crippen LogP contribution in [0.3, 0.4) is 0 Å². The zero-order valence-electron chi connectivity index (χ0n) is 12.8. The third-order valence-corrected chi connectivity index (χ3v) is 5.09. The second kappa shape index (κ2) is 4.65. The molecule has 0 aromatic carbocycles. The van der Waals surface area contributed by atoms with Crippen LogP contribution in [0.5, 0.6) is 0 Å². The third-order valence-electron chi connectivity index (χ3n) is 5.09. The second-order valence-corrected chi connectivity index (χ2v) is 6.76. The monoisotopic (exact) mass is 280 g/mol. The van der Waals surface area contributed by atoms with E-state index in [0.29, 0.717) is 6.42 Å². The molecule has 2 saturated heterocycles. The van der Waals surface area contributed by atoms with Crippen molar-refractivity contribution < 1.29 is 19.0 Å². The number of carbonyl (C=O) groups is 1. The van der Waals surface area contributed by atoms with Crippen LogP contribution in [0, 0.1) is 5.92 Å². The van der Waals surface area contributed by atoms with Crippen LogP contribution < -0.4 is 0 Å². The summed E-state index contributed by atoms with van der Waals surface area (Å²) in [6.07, 6.45) is 4.26. The Labute approximate surface area is 120 Å². The standard InChI is InChI=1S/C16H24O4/c1-10(2)5-6-12-15(3,20-12)14-13(18-4)11(17)7-8-16(14)9-19-16/h5,12-14H,6-9H2,1-4H3/t12?,13-,14?,15-,16+/m1/s1. The van der Waals surface area contributed by atoms with Gasteiger partial charge in [-0.05, 0) is 33.6 Å². The van der Waals surface area contributed by atoms with Crippen LogP contribution in [0.15, 0.2) is 11.6 Å². The number of ether oxygens (including phenoxy) is 3. The minimum absolute atomic E-state index is 0.0248. The van der Waals surface area contributed by atoms with E-state index >= 15 is 0 Å². The summed E-state index contributed by atoms with van der Waals surface area (Å²) in [6.45, 7) is 7.02. The summed E-state index contributed by atoms with van der Waals surface area (Å²) in [4.78, 5) is 12.2. The van der Waals surface area contributed by atoms with Crippen molar-refractivity contribution in [1.29, 1.82) is 0 Å². The fraction of sp³-hybridized carbons (Fsp3) is 0.812. The predicted molar refractivity (Wildman–Crippen MR) is 74.5 cm³/mol. The fourth-order valence-electron chi connectivity index (χ4n) is 3.77. The van der Waals surface area contributed by atoms with Gasteiger partial charge in [-0.2, -0.15) is 0 Å². The first-order valence-electron chi connectivity index (χ1n) is 7.43. The van der Waals surface area contributed by atoms with Crippen LogP contribution in [0.25, 0.3) is 0 Å². The van der Waals surface area contributed by atoms with Crippen LogP contribution in [-0.4, -0.2) is 42.9 Å². The molecule has 0 N–H and O–H groups in total. The number of epoxide rings is 2. The maximum Gasteiger partial charge on any atom is 0.162 e. The molecule has 1 spiro atoms. The molecule has 4 nitrogen and oxygen atoms in total. The molecule has 2 aliphatic heterocycles. The minimum atomic E-state index is -0.382. The molecule has 112 valence electrons. The summed E-state index contributed by atoms with van der Waals surface area (Å²) in [5.74, 6) is 0.216. The van der Waals surface area contributed by atoms with E-state index in [1.54, 1.807) is 7.11 Å². The second-order valence-electron chi connectivity index (χ2n) is 6.76. The molecule has 3 fully saturated rings. The SMILES string of the molecule is CO[C@@H]1C(=O)CC[C@]2(CO2)C1[C@]1(C)OC1CC=C(C)C. The molecule has 4 heteroatoms. The van der Waals surface area contributed by atoms with Crippen LogP contribution >= 0.6 is 0 Å². The lowest BCUT2D eigenvalue weighted by Crippen LogP contribution is -2.52. The largest absolute Gasteiger partial charge is 0.373 e. The van der Waals surface area contributed by atoms with Crippen LogP contribution in [0.1, 0.15) is 40.0 Å². The Morgan fingerprint density at radius 3 is 2.75 bits per heavy atom. The first kappa shape index (κ1) is 14.2. The molecule has 3 aliphatic rings. The highest BCUT2D eigenvalue weighted by molar-refractivity contribution is 5.85. The Hall–Kier alpha value is -0.710. The Morgan fingerprint density at radius 1 is 1.50 bits per heavy atom. The molecule has 0 bridgehead atoms. The van der Waals surface area contributed by atoms with Gasteiger partial charge in [-0.1, -0.05) is 11.6 Å². The van der Waals surface area contributed by atoms with E-state index in [2.05, 4.69) is 26.8 Å². The maximum absolute atomic E-state index is 12.2. The molecule has 1 saturated carbocycles. The molecule has 0 amide bonds. The van der Waals surface area contributed by atoms with Crippen molar-refractivity contribution in [2.45, 2.75) is 63.4 Å². The summed E-state index contributed by atoms with van der Waals surface area (Å²) in [6, 6.07) is 0. The average Bonchev–Trinajstić information content (AvgIpc) is 3.29. The first-order valence-corrected chi connectivity index (χ1v) is 7.43. The molecule has 1 aliphatic carbocycles. The third kappa shape index (κ3) is 2.14. The van der Waals surface area contributed by atoms with Crippen molar-refractivity contribution in [2.24, 2.45) is 5.92 Å². The van der Waals surface area contributed by atoms with Crippen molar-refractivity contribution in [1.82, 2.24) is 0 Å². The molecule has 0 aromatic rings. The number of hydrogen-bond donors (Lipinski definition) is 0. The zero-order valence-corrected chi connectivity index (χ0v) is 12.8. The van der Waals surface area contributed by atoms with E-state index in [1.807, 2.05) is 0 Å². The number of rotatable bonds is 4. The van der Waals surface area contributed by atoms with E-state index in [9.17, 15) is 4.79 Å². The van der Waals surface area contributed by atoms with Gasteiger partial charge in [0.1, 0.15) is 17.3 Å². The number of ketones is 1.